The normalized spacial score (nSPS) is 19.7. The lowest BCUT2D eigenvalue weighted by Crippen LogP contribution is -2.46. The minimum Gasteiger partial charge on any atom is -0.352 e. The van der Waals surface area contributed by atoms with Gasteiger partial charge in [-0.25, -0.2) is 9.97 Å². The first kappa shape index (κ1) is 14.3. The van der Waals surface area contributed by atoms with Crippen molar-refractivity contribution in [1.82, 2.24) is 15.3 Å². The molecule has 0 spiro atoms. The molecule has 1 saturated heterocycles. The van der Waals surface area contributed by atoms with Crippen molar-refractivity contribution in [3.05, 3.63) is 18.1 Å². The number of piperidine rings is 1. The minimum atomic E-state index is 0.583. The van der Waals surface area contributed by atoms with E-state index < -0.39 is 0 Å². The maximum absolute atomic E-state index is 4.48. The van der Waals surface area contributed by atoms with E-state index in [1.54, 1.807) is 6.33 Å². The van der Waals surface area contributed by atoms with Crippen LogP contribution >= 0.6 is 0 Å². The van der Waals surface area contributed by atoms with Gasteiger partial charge in [-0.2, -0.15) is 0 Å². The quantitative estimate of drug-likeness (QED) is 0.799. The van der Waals surface area contributed by atoms with E-state index in [9.17, 15) is 0 Å². The van der Waals surface area contributed by atoms with Gasteiger partial charge in [0, 0.05) is 30.9 Å². The van der Waals surface area contributed by atoms with Gasteiger partial charge >= 0.3 is 0 Å². The van der Waals surface area contributed by atoms with Crippen molar-refractivity contribution < 1.29 is 0 Å². The number of aryl methyl sites for hydroxylation is 1. The molecular weight excluding hydrogens is 236 g/mol. The summed E-state index contributed by atoms with van der Waals surface area (Å²) in [6.45, 7) is 7.65. The van der Waals surface area contributed by atoms with Crippen LogP contribution in [0.25, 0.3) is 0 Å². The predicted molar refractivity (Wildman–Crippen MR) is 79.6 cm³/mol. The Labute approximate surface area is 116 Å². The fraction of sp³-hybridized carbons (Fsp3) is 0.733. The number of rotatable bonds is 6. The summed E-state index contributed by atoms with van der Waals surface area (Å²) in [5, 5.41) is 3.55. The second-order valence-corrected chi connectivity index (χ2v) is 5.27. The topological polar surface area (TPSA) is 41.0 Å². The third-order valence-electron chi connectivity index (χ3n) is 3.80. The molecule has 0 radical (unpaired) electrons. The van der Waals surface area contributed by atoms with Crippen LogP contribution < -0.4 is 10.2 Å². The summed E-state index contributed by atoms with van der Waals surface area (Å²) in [6.07, 6.45) is 7.75. The molecule has 1 atom stereocenters. The second kappa shape index (κ2) is 7.43. The smallest absolute Gasteiger partial charge is 0.132 e. The van der Waals surface area contributed by atoms with Gasteiger partial charge in [0.25, 0.3) is 0 Å². The van der Waals surface area contributed by atoms with Crippen LogP contribution in [0.1, 0.15) is 45.2 Å². The lowest BCUT2D eigenvalue weighted by molar-refractivity contribution is 0.432. The third-order valence-corrected chi connectivity index (χ3v) is 3.80. The Bertz CT molecular complexity index is 380. The Morgan fingerprint density at radius 2 is 2.21 bits per heavy atom. The van der Waals surface area contributed by atoms with E-state index in [1.807, 2.05) is 0 Å². The lowest BCUT2D eigenvalue weighted by Gasteiger charge is -2.37. The zero-order chi connectivity index (χ0) is 13.5. The summed E-state index contributed by atoms with van der Waals surface area (Å²) in [5.74, 6) is 1.11. The molecule has 1 aliphatic heterocycles. The van der Waals surface area contributed by atoms with E-state index in [2.05, 4.69) is 40.1 Å². The molecule has 0 amide bonds. The summed E-state index contributed by atoms with van der Waals surface area (Å²) in [4.78, 5) is 11.2. The predicted octanol–water partition coefficient (Wildman–Crippen LogP) is 2.40. The molecule has 0 aliphatic carbocycles. The van der Waals surface area contributed by atoms with Crippen LogP contribution in [0.3, 0.4) is 0 Å². The van der Waals surface area contributed by atoms with Crippen LogP contribution in [0.4, 0.5) is 5.82 Å². The molecule has 1 unspecified atom stereocenters. The van der Waals surface area contributed by atoms with E-state index in [0.717, 1.165) is 37.6 Å². The largest absolute Gasteiger partial charge is 0.352 e. The Balaban J connectivity index is 2.05. The SMILES string of the molecule is CCCNCC1CCCCN1c1cc(CC)ncn1. The Kier molecular flexibility index (Phi) is 5.58. The summed E-state index contributed by atoms with van der Waals surface area (Å²) >= 11 is 0. The van der Waals surface area contributed by atoms with Crippen LogP contribution in [-0.2, 0) is 6.42 Å². The highest BCUT2D eigenvalue weighted by atomic mass is 15.2. The molecule has 1 fully saturated rings. The van der Waals surface area contributed by atoms with E-state index in [-0.39, 0.29) is 0 Å². The molecule has 4 nitrogen and oxygen atoms in total. The van der Waals surface area contributed by atoms with Crippen LogP contribution in [-0.4, -0.2) is 35.6 Å². The molecule has 0 bridgehead atoms. The summed E-state index contributed by atoms with van der Waals surface area (Å²) in [7, 11) is 0. The number of anilines is 1. The van der Waals surface area contributed by atoms with Gasteiger partial charge in [-0.15, -0.1) is 0 Å². The van der Waals surface area contributed by atoms with Gasteiger partial charge in [-0.3, -0.25) is 0 Å². The standard InChI is InChI=1S/C15H26N4/c1-3-8-16-11-14-7-5-6-9-19(14)15-10-13(4-2)17-12-18-15/h10,12,14,16H,3-9,11H2,1-2H3. The van der Waals surface area contributed by atoms with Gasteiger partial charge < -0.3 is 10.2 Å². The maximum atomic E-state index is 4.48. The highest BCUT2D eigenvalue weighted by molar-refractivity contribution is 5.41. The second-order valence-electron chi connectivity index (χ2n) is 5.27. The van der Waals surface area contributed by atoms with Crippen molar-refractivity contribution >= 4 is 5.82 Å². The van der Waals surface area contributed by atoms with Crippen molar-refractivity contribution in [3.63, 3.8) is 0 Å². The van der Waals surface area contributed by atoms with Crippen LogP contribution in [0.5, 0.6) is 0 Å². The summed E-state index contributed by atoms with van der Waals surface area (Å²) in [6, 6.07) is 2.73. The first-order valence-corrected chi connectivity index (χ1v) is 7.63. The van der Waals surface area contributed by atoms with Crippen molar-refractivity contribution in [2.45, 2.75) is 52.0 Å². The van der Waals surface area contributed by atoms with Gasteiger partial charge in [0.1, 0.15) is 12.1 Å². The van der Waals surface area contributed by atoms with Gasteiger partial charge in [0.15, 0.2) is 0 Å². The summed E-state index contributed by atoms with van der Waals surface area (Å²) < 4.78 is 0. The highest BCUT2D eigenvalue weighted by Gasteiger charge is 2.23. The summed E-state index contributed by atoms with van der Waals surface area (Å²) in [5.41, 5.74) is 1.14. The lowest BCUT2D eigenvalue weighted by atomic mass is 10.0. The van der Waals surface area contributed by atoms with Crippen LogP contribution in [0, 0.1) is 0 Å². The number of nitrogens with zero attached hydrogens (tertiary/aromatic N) is 3. The van der Waals surface area contributed by atoms with E-state index in [0.29, 0.717) is 6.04 Å². The monoisotopic (exact) mass is 262 g/mol. The van der Waals surface area contributed by atoms with Gasteiger partial charge in [0.05, 0.1) is 0 Å². The average Bonchev–Trinajstić information content (AvgIpc) is 2.48. The molecule has 4 heteroatoms. The molecule has 19 heavy (non-hydrogen) atoms. The molecule has 106 valence electrons. The molecule has 1 aliphatic rings. The molecule has 1 aromatic heterocycles. The molecule has 0 saturated carbocycles. The highest BCUT2D eigenvalue weighted by Crippen LogP contribution is 2.23. The van der Waals surface area contributed by atoms with E-state index in [4.69, 9.17) is 0 Å². The van der Waals surface area contributed by atoms with Crippen molar-refractivity contribution in [2.24, 2.45) is 0 Å². The van der Waals surface area contributed by atoms with Crippen molar-refractivity contribution in [1.29, 1.82) is 0 Å². The molecule has 1 N–H and O–H groups in total. The molecule has 2 rings (SSSR count). The number of hydrogen-bond acceptors (Lipinski definition) is 4. The van der Waals surface area contributed by atoms with E-state index >= 15 is 0 Å². The van der Waals surface area contributed by atoms with Crippen molar-refractivity contribution in [2.75, 3.05) is 24.5 Å². The third kappa shape index (κ3) is 3.90. The Hall–Kier alpha value is -1.16. The number of nitrogens with one attached hydrogen (secondary N) is 1. The zero-order valence-corrected chi connectivity index (χ0v) is 12.2. The van der Waals surface area contributed by atoms with E-state index in [1.165, 1.54) is 25.7 Å². The van der Waals surface area contributed by atoms with Crippen molar-refractivity contribution in [3.8, 4) is 0 Å². The number of aromatic nitrogens is 2. The molecule has 0 aromatic carbocycles. The fourth-order valence-electron chi connectivity index (χ4n) is 2.70. The van der Waals surface area contributed by atoms with Crippen LogP contribution in [0.15, 0.2) is 12.4 Å². The van der Waals surface area contributed by atoms with Gasteiger partial charge in [-0.05, 0) is 38.6 Å². The average molecular weight is 262 g/mol. The van der Waals surface area contributed by atoms with Crippen LogP contribution in [0.2, 0.25) is 0 Å². The number of hydrogen-bond donors (Lipinski definition) is 1. The van der Waals surface area contributed by atoms with Gasteiger partial charge in [0.2, 0.25) is 0 Å². The molecule has 2 heterocycles. The van der Waals surface area contributed by atoms with Gasteiger partial charge in [-0.1, -0.05) is 13.8 Å². The zero-order valence-electron chi connectivity index (χ0n) is 12.2. The first-order chi connectivity index (χ1) is 9.35. The minimum absolute atomic E-state index is 0.583. The Morgan fingerprint density at radius 1 is 1.32 bits per heavy atom. The fourth-order valence-corrected chi connectivity index (χ4v) is 2.70. The molecule has 1 aromatic rings. The maximum Gasteiger partial charge on any atom is 0.132 e. The Morgan fingerprint density at radius 3 is 3.00 bits per heavy atom. The first-order valence-electron chi connectivity index (χ1n) is 7.63. The molecular formula is C15H26N4.